The lowest BCUT2D eigenvalue weighted by atomic mass is 10.2. The van der Waals surface area contributed by atoms with Crippen molar-refractivity contribution in [3.05, 3.63) is 77.8 Å². The molecular weight excluding hydrogens is 349 g/mol. The van der Waals surface area contributed by atoms with Crippen LogP contribution in [-0.2, 0) is 4.79 Å². The van der Waals surface area contributed by atoms with Crippen LogP contribution in [-0.4, -0.2) is 18.7 Å². The van der Waals surface area contributed by atoms with Gasteiger partial charge in [0.25, 0.3) is 5.91 Å². The first kappa shape index (κ1) is 17.9. The second kappa shape index (κ2) is 8.45. The normalized spacial score (nSPS) is 10.5. The lowest BCUT2D eigenvalue weighted by molar-refractivity contribution is -0.123. The van der Waals surface area contributed by atoms with Crippen molar-refractivity contribution >= 4 is 12.1 Å². The van der Waals surface area contributed by atoms with Gasteiger partial charge >= 0.3 is 0 Å². The molecule has 134 valence electrons. The quantitative estimate of drug-likeness (QED) is 0.536. The monoisotopic (exact) mass is 363 g/mol. The fourth-order valence-corrected chi connectivity index (χ4v) is 2.22. The smallest absolute Gasteiger partial charge is 0.277 e. The van der Waals surface area contributed by atoms with E-state index < -0.39 is 5.91 Å². The average Bonchev–Trinajstić information content (AvgIpc) is 3.16. The predicted octanol–water partition coefficient (Wildman–Crippen LogP) is 3.49. The predicted molar refractivity (Wildman–Crippen MR) is 96.5 cm³/mol. The van der Waals surface area contributed by atoms with Gasteiger partial charge in [-0.3, -0.25) is 4.79 Å². The molecule has 2 aromatic carbocycles. The van der Waals surface area contributed by atoms with Gasteiger partial charge in [0.1, 0.15) is 29.2 Å². The molecule has 0 spiro atoms. The van der Waals surface area contributed by atoms with E-state index >= 15 is 0 Å². The van der Waals surface area contributed by atoms with Gasteiger partial charge in [-0.15, -0.1) is 0 Å². The minimum atomic E-state index is -0.482. The number of nitrogens with zero attached hydrogens (tertiary/aromatic N) is 2. The van der Waals surface area contributed by atoms with Gasteiger partial charge in [0, 0.05) is 5.56 Å². The van der Waals surface area contributed by atoms with Gasteiger partial charge in [0.2, 0.25) is 0 Å². The highest BCUT2D eigenvalue weighted by Gasteiger charge is 2.06. The first-order chi connectivity index (χ1) is 13.2. The molecule has 0 aliphatic carbocycles. The topological polar surface area (TPSA) is 87.6 Å². The molecule has 1 aromatic heterocycles. The molecule has 0 bridgehead atoms. The van der Waals surface area contributed by atoms with Crippen LogP contribution in [0.5, 0.6) is 5.75 Å². The number of hydrogen-bond acceptors (Lipinski definition) is 5. The maximum Gasteiger partial charge on any atom is 0.277 e. The third kappa shape index (κ3) is 4.80. The molecule has 6 nitrogen and oxygen atoms in total. The van der Waals surface area contributed by atoms with Crippen molar-refractivity contribution in [3.8, 4) is 23.1 Å². The van der Waals surface area contributed by atoms with E-state index in [2.05, 4.69) is 10.5 Å². The van der Waals surface area contributed by atoms with E-state index in [9.17, 15) is 9.18 Å². The van der Waals surface area contributed by atoms with E-state index in [1.54, 1.807) is 48.5 Å². The van der Waals surface area contributed by atoms with Crippen molar-refractivity contribution in [1.82, 2.24) is 5.43 Å². The van der Waals surface area contributed by atoms with Crippen molar-refractivity contribution in [2.45, 2.75) is 0 Å². The summed E-state index contributed by atoms with van der Waals surface area (Å²) in [7, 11) is 0. The molecule has 3 aromatic rings. The summed E-state index contributed by atoms with van der Waals surface area (Å²) in [5.74, 6) is 0.498. The first-order valence-corrected chi connectivity index (χ1v) is 7.95. The van der Waals surface area contributed by atoms with Crippen molar-refractivity contribution in [1.29, 1.82) is 5.26 Å². The molecule has 0 saturated carbocycles. The second-order valence-electron chi connectivity index (χ2n) is 5.40. The van der Waals surface area contributed by atoms with E-state index in [1.807, 2.05) is 6.07 Å². The minimum absolute atomic E-state index is 0.283. The Morgan fingerprint density at radius 1 is 1.19 bits per heavy atom. The molecule has 0 atom stereocenters. The zero-order valence-electron chi connectivity index (χ0n) is 14.1. The zero-order chi connectivity index (χ0) is 19.1. The molecule has 27 heavy (non-hydrogen) atoms. The molecule has 0 aliphatic heterocycles. The second-order valence-corrected chi connectivity index (χ2v) is 5.40. The summed E-state index contributed by atoms with van der Waals surface area (Å²) in [6, 6.07) is 17.9. The van der Waals surface area contributed by atoms with Gasteiger partial charge in [-0.1, -0.05) is 12.1 Å². The Morgan fingerprint density at radius 2 is 1.96 bits per heavy atom. The molecule has 1 N–H and O–H groups in total. The summed E-state index contributed by atoms with van der Waals surface area (Å²) < 4.78 is 23.8. The number of ether oxygens (including phenoxy) is 1. The zero-order valence-corrected chi connectivity index (χ0v) is 14.1. The molecule has 0 unspecified atom stereocenters. The fraction of sp³-hybridized carbons (Fsp3) is 0.0500. The number of carbonyl (C=O) groups is 1. The van der Waals surface area contributed by atoms with Gasteiger partial charge in [0.05, 0.1) is 11.8 Å². The number of hydrazone groups is 1. The number of furan rings is 1. The summed E-state index contributed by atoms with van der Waals surface area (Å²) in [4.78, 5) is 11.8. The van der Waals surface area contributed by atoms with Gasteiger partial charge in [0.15, 0.2) is 6.61 Å². The van der Waals surface area contributed by atoms with Crippen LogP contribution < -0.4 is 10.2 Å². The summed E-state index contributed by atoms with van der Waals surface area (Å²) in [6.45, 7) is -0.283. The van der Waals surface area contributed by atoms with E-state index in [0.29, 0.717) is 22.8 Å². The molecule has 0 radical (unpaired) electrons. The van der Waals surface area contributed by atoms with Crippen LogP contribution in [0.15, 0.2) is 70.2 Å². The highest BCUT2D eigenvalue weighted by molar-refractivity contribution is 5.81. The van der Waals surface area contributed by atoms with Crippen LogP contribution >= 0.6 is 0 Å². The summed E-state index contributed by atoms with van der Waals surface area (Å²) >= 11 is 0. The van der Waals surface area contributed by atoms with E-state index in [0.717, 1.165) is 5.56 Å². The van der Waals surface area contributed by atoms with Crippen LogP contribution in [0.4, 0.5) is 4.39 Å². The SMILES string of the molecule is N#Cc1ccccc1OCC(=O)N/N=C\c1ccc(-c2ccc(F)cc2)o1. The van der Waals surface area contributed by atoms with Crippen LogP contribution in [0.1, 0.15) is 11.3 Å². The number of carbonyl (C=O) groups excluding carboxylic acids is 1. The Hall–Kier alpha value is -3.92. The summed E-state index contributed by atoms with van der Waals surface area (Å²) in [5, 5.41) is 12.8. The molecule has 1 heterocycles. The lowest BCUT2D eigenvalue weighted by Gasteiger charge is -2.05. The Balaban J connectivity index is 1.52. The van der Waals surface area contributed by atoms with E-state index in [4.69, 9.17) is 14.4 Å². The highest BCUT2D eigenvalue weighted by Crippen LogP contribution is 2.21. The van der Waals surface area contributed by atoms with Crippen molar-refractivity contribution in [3.63, 3.8) is 0 Å². The third-order valence-corrected chi connectivity index (χ3v) is 3.50. The highest BCUT2D eigenvalue weighted by atomic mass is 19.1. The Morgan fingerprint density at radius 3 is 2.74 bits per heavy atom. The molecule has 7 heteroatoms. The molecule has 0 saturated heterocycles. The minimum Gasteiger partial charge on any atom is -0.482 e. The number of amides is 1. The van der Waals surface area contributed by atoms with Gasteiger partial charge in [-0.2, -0.15) is 10.4 Å². The largest absolute Gasteiger partial charge is 0.482 e. The van der Waals surface area contributed by atoms with Crippen LogP contribution in [0.3, 0.4) is 0 Å². The lowest BCUT2D eigenvalue weighted by Crippen LogP contribution is -2.24. The average molecular weight is 363 g/mol. The molecule has 1 amide bonds. The number of nitriles is 1. The number of para-hydroxylation sites is 1. The molecule has 3 rings (SSSR count). The van der Waals surface area contributed by atoms with Crippen LogP contribution in [0, 0.1) is 17.1 Å². The fourth-order valence-electron chi connectivity index (χ4n) is 2.22. The van der Waals surface area contributed by atoms with Gasteiger partial charge in [-0.05, 0) is 48.5 Å². The van der Waals surface area contributed by atoms with Crippen molar-refractivity contribution in [2.75, 3.05) is 6.61 Å². The van der Waals surface area contributed by atoms with Crippen LogP contribution in [0.2, 0.25) is 0 Å². The standard InChI is InChI=1S/C20H14FN3O3/c21-16-7-5-14(6-8-16)19-10-9-17(27-19)12-23-24-20(25)13-26-18-4-2-1-3-15(18)11-22/h1-10,12H,13H2,(H,24,25)/b23-12-. The molecule has 0 aliphatic rings. The number of rotatable bonds is 6. The summed E-state index contributed by atoms with van der Waals surface area (Å²) in [5.41, 5.74) is 3.38. The summed E-state index contributed by atoms with van der Waals surface area (Å²) in [6.07, 6.45) is 1.34. The maximum atomic E-state index is 12.9. The number of nitrogens with one attached hydrogen (secondary N) is 1. The number of benzene rings is 2. The number of hydrogen-bond donors (Lipinski definition) is 1. The van der Waals surface area contributed by atoms with E-state index in [-0.39, 0.29) is 12.4 Å². The van der Waals surface area contributed by atoms with Gasteiger partial charge < -0.3 is 9.15 Å². The number of halogens is 1. The molecule has 0 fully saturated rings. The van der Waals surface area contributed by atoms with Crippen LogP contribution in [0.25, 0.3) is 11.3 Å². The van der Waals surface area contributed by atoms with Crippen molar-refractivity contribution < 1.29 is 18.3 Å². The molecular formula is C20H14FN3O3. The van der Waals surface area contributed by atoms with Gasteiger partial charge in [-0.25, -0.2) is 9.82 Å². The van der Waals surface area contributed by atoms with E-state index in [1.165, 1.54) is 18.3 Å². The Labute approximate surface area is 154 Å². The van der Waals surface area contributed by atoms with Crippen molar-refractivity contribution in [2.24, 2.45) is 5.10 Å². The first-order valence-electron chi connectivity index (χ1n) is 7.95. The Bertz CT molecular complexity index is 1000. The maximum absolute atomic E-state index is 12.9. The Kier molecular flexibility index (Phi) is 5.60. The third-order valence-electron chi connectivity index (χ3n) is 3.50.